The van der Waals surface area contributed by atoms with E-state index < -0.39 is 0 Å². The summed E-state index contributed by atoms with van der Waals surface area (Å²) in [5, 5.41) is 6.84. The molecule has 4 nitrogen and oxygen atoms in total. The highest BCUT2D eigenvalue weighted by molar-refractivity contribution is 6.31. The Morgan fingerprint density at radius 3 is 2.82 bits per heavy atom. The fourth-order valence-electron chi connectivity index (χ4n) is 1.41. The predicted octanol–water partition coefficient (Wildman–Crippen LogP) is 2.78. The van der Waals surface area contributed by atoms with Crippen molar-refractivity contribution in [3.05, 3.63) is 47.1 Å². The van der Waals surface area contributed by atoms with Gasteiger partial charge in [0.25, 0.3) is 0 Å². The lowest BCUT2D eigenvalue weighted by Gasteiger charge is -2.07. The SMILES string of the molecule is CNc1nccc(NCc2ccccc2Cl)n1. The van der Waals surface area contributed by atoms with E-state index in [2.05, 4.69) is 20.6 Å². The van der Waals surface area contributed by atoms with Crippen molar-refractivity contribution < 1.29 is 0 Å². The number of rotatable bonds is 4. The zero-order chi connectivity index (χ0) is 12.1. The van der Waals surface area contributed by atoms with Crippen LogP contribution in [0.1, 0.15) is 5.56 Å². The van der Waals surface area contributed by atoms with Crippen molar-refractivity contribution in [1.82, 2.24) is 9.97 Å². The van der Waals surface area contributed by atoms with Gasteiger partial charge in [-0.2, -0.15) is 4.98 Å². The van der Waals surface area contributed by atoms with Crippen LogP contribution in [0.15, 0.2) is 36.5 Å². The van der Waals surface area contributed by atoms with Gasteiger partial charge < -0.3 is 10.6 Å². The Hall–Kier alpha value is -1.81. The second kappa shape index (κ2) is 5.50. The molecule has 0 saturated carbocycles. The number of halogens is 1. The summed E-state index contributed by atoms with van der Waals surface area (Å²) in [5.74, 6) is 1.36. The topological polar surface area (TPSA) is 49.8 Å². The fraction of sp³-hybridized carbons (Fsp3) is 0.167. The minimum Gasteiger partial charge on any atom is -0.366 e. The number of nitrogens with zero attached hydrogens (tertiary/aromatic N) is 2. The summed E-state index contributed by atoms with van der Waals surface area (Å²) in [6.45, 7) is 0.639. The van der Waals surface area contributed by atoms with E-state index in [0.717, 1.165) is 16.4 Å². The zero-order valence-electron chi connectivity index (χ0n) is 9.44. The van der Waals surface area contributed by atoms with E-state index >= 15 is 0 Å². The Labute approximate surface area is 105 Å². The number of hydrogen-bond donors (Lipinski definition) is 2. The van der Waals surface area contributed by atoms with Gasteiger partial charge in [-0.3, -0.25) is 0 Å². The Balaban J connectivity index is 2.05. The van der Waals surface area contributed by atoms with Crippen LogP contribution in [0, 0.1) is 0 Å². The van der Waals surface area contributed by atoms with Crippen molar-refractivity contribution in [3.63, 3.8) is 0 Å². The summed E-state index contributed by atoms with van der Waals surface area (Å²) in [7, 11) is 1.78. The number of nitrogens with one attached hydrogen (secondary N) is 2. The molecule has 0 bridgehead atoms. The molecule has 0 saturated heterocycles. The van der Waals surface area contributed by atoms with Gasteiger partial charge in [-0.15, -0.1) is 0 Å². The van der Waals surface area contributed by atoms with Gasteiger partial charge in [-0.05, 0) is 17.7 Å². The molecule has 5 heteroatoms. The van der Waals surface area contributed by atoms with Crippen LogP contribution in [-0.2, 0) is 6.54 Å². The predicted molar refractivity (Wildman–Crippen MR) is 70.4 cm³/mol. The van der Waals surface area contributed by atoms with Gasteiger partial charge in [-0.1, -0.05) is 29.8 Å². The summed E-state index contributed by atoms with van der Waals surface area (Å²) in [4.78, 5) is 8.30. The lowest BCUT2D eigenvalue weighted by atomic mass is 10.2. The molecule has 1 aromatic heterocycles. The highest BCUT2D eigenvalue weighted by atomic mass is 35.5. The van der Waals surface area contributed by atoms with Crippen LogP contribution < -0.4 is 10.6 Å². The van der Waals surface area contributed by atoms with Crippen LogP contribution in [-0.4, -0.2) is 17.0 Å². The van der Waals surface area contributed by atoms with Crippen LogP contribution >= 0.6 is 11.6 Å². The van der Waals surface area contributed by atoms with Gasteiger partial charge in [0.15, 0.2) is 0 Å². The van der Waals surface area contributed by atoms with Crippen molar-refractivity contribution in [1.29, 1.82) is 0 Å². The molecule has 0 aliphatic carbocycles. The molecule has 0 aliphatic heterocycles. The van der Waals surface area contributed by atoms with Gasteiger partial charge in [0.1, 0.15) is 5.82 Å². The first-order valence-electron chi connectivity index (χ1n) is 5.27. The van der Waals surface area contributed by atoms with E-state index in [1.54, 1.807) is 13.2 Å². The van der Waals surface area contributed by atoms with Gasteiger partial charge in [0.05, 0.1) is 0 Å². The maximum atomic E-state index is 6.06. The van der Waals surface area contributed by atoms with E-state index in [0.29, 0.717) is 12.5 Å². The van der Waals surface area contributed by atoms with E-state index in [1.807, 2.05) is 30.3 Å². The molecule has 0 atom stereocenters. The largest absolute Gasteiger partial charge is 0.366 e. The molecule has 0 amide bonds. The second-order valence-electron chi connectivity index (χ2n) is 3.46. The Morgan fingerprint density at radius 2 is 2.06 bits per heavy atom. The first-order valence-corrected chi connectivity index (χ1v) is 5.65. The third-order valence-electron chi connectivity index (χ3n) is 2.30. The normalized spacial score (nSPS) is 10.0. The summed E-state index contributed by atoms with van der Waals surface area (Å²) in [6.07, 6.45) is 1.70. The quantitative estimate of drug-likeness (QED) is 0.874. The molecule has 88 valence electrons. The third kappa shape index (κ3) is 3.07. The Bertz CT molecular complexity index is 501. The first kappa shape index (κ1) is 11.7. The molecule has 17 heavy (non-hydrogen) atoms. The first-order chi connectivity index (χ1) is 8.29. The molecule has 0 fully saturated rings. The lowest BCUT2D eigenvalue weighted by Crippen LogP contribution is -2.04. The minimum absolute atomic E-state index is 0.592. The Kier molecular flexibility index (Phi) is 3.77. The number of hydrogen-bond acceptors (Lipinski definition) is 4. The van der Waals surface area contributed by atoms with E-state index in [1.165, 1.54) is 0 Å². The molecule has 1 aromatic carbocycles. The average Bonchev–Trinajstić information content (AvgIpc) is 2.38. The summed E-state index contributed by atoms with van der Waals surface area (Å²) >= 11 is 6.06. The molecule has 0 aliphatic rings. The van der Waals surface area contributed by atoms with Crippen LogP contribution in [0.25, 0.3) is 0 Å². The number of benzene rings is 1. The summed E-state index contributed by atoms with van der Waals surface area (Å²) in [5.41, 5.74) is 1.04. The van der Waals surface area contributed by atoms with Crippen molar-refractivity contribution in [3.8, 4) is 0 Å². The molecule has 0 radical (unpaired) electrons. The summed E-state index contributed by atoms with van der Waals surface area (Å²) < 4.78 is 0. The van der Waals surface area contributed by atoms with Gasteiger partial charge in [-0.25, -0.2) is 4.98 Å². The molecule has 2 aromatic rings. The third-order valence-corrected chi connectivity index (χ3v) is 2.67. The Morgan fingerprint density at radius 1 is 1.24 bits per heavy atom. The van der Waals surface area contributed by atoms with Crippen LogP contribution in [0.2, 0.25) is 5.02 Å². The van der Waals surface area contributed by atoms with Gasteiger partial charge in [0.2, 0.25) is 5.95 Å². The smallest absolute Gasteiger partial charge is 0.224 e. The average molecular weight is 249 g/mol. The summed E-state index contributed by atoms with van der Waals surface area (Å²) in [6, 6.07) is 9.54. The monoisotopic (exact) mass is 248 g/mol. The highest BCUT2D eigenvalue weighted by Gasteiger charge is 2.00. The second-order valence-corrected chi connectivity index (χ2v) is 3.87. The lowest BCUT2D eigenvalue weighted by molar-refractivity contribution is 1.08. The zero-order valence-corrected chi connectivity index (χ0v) is 10.2. The molecular weight excluding hydrogens is 236 g/mol. The molecule has 0 unspecified atom stereocenters. The van der Waals surface area contributed by atoms with E-state index in [4.69, 9.17) is 11.6 Å². The van der Waals surface area contributed by atoms with Crippen LogP contribution in [0.3, 0.4) is 0 Å². The molecule has 2 N–H and O–H groups in total. The van der Waals surface area contributed by atoms with Gasteiger partial charge in [0, 0.05) is 24.8 Å². The molecule has 0 spiro atoms. The van der Waals surface area contributed by atoms with Crippen molar-refractivity contribution in [2.45, 2.75) is 6.54 Å². The van der Waals surface area contributed by atoms with Crippen LogP contribution in [0.5, 0.6) is 0 Å². The number of anilines is 2. The van der Waals surface area contributed by atoms with E-state index in [9.17, 15) is 0 Å². The highest BCUT2D eigenvalue weighted by Crippen LogP contribution is 2.16. The maximum absolute atomic E-state index is 6.06. The van der Waals surface area contributed by atoms with Gasteiger partial charge >= 0.3 is 0 Å². The van der Waals surface area contributed by atoms with Crippen LogP contribution in [0.4, 0.5) is 11.8 Å². The fourth-order valence-corrected chi connectivity index (χ4v) is 1.61. The van der Waals surface area contributed by atoms with E-state index in [-0.39, 0.29) is 0 Å². The number of aromatic nitrogens is 2. The van der Waals surface area contributed by atoms with Crippen molar-refractivity contribution in [2.24, 2.45) is 0 Å². The molecule has 1 heterocycles. The molecular formula is C12H13ClN4. The maximum Gasteiger partial charge on any atom is 0.224 e. The van der Waals surface area contributed by atoms with Crippen molar-refractivity contribution >= 4 is 23.4 Å². The minimum atomic E-state index is 0.592. The molecule has 2 rings (SSSR count). The van der Waals surface area contributed by atoms with Crippen molar-refractivity contribution in [2.75, 3.05) is 17.7 Å². The standard InChI is InChI=1S/C12H13ClN4/c1-14-12-15-7-6-11(17-12)16-8-9-4-2-3-5-10(9)13/h2-7H,8H2,1H3,(H2,14,15,16,17).